The molecule has 0 aromatic rings. The van der Waals surface area contributed by atoms with Gasteiger partial charge in [-0.1, -0.05) is 0 Å². The van der Waals surface area contributed by atoms with Crippen LogP contribution in [-0.4, -0.2) is 44.5 Å². The maximum atomic E-state index is 11.3. The van der Waals surface area contributed by atoms with Gasteiger partial charge >= 0.3 is 16.5 Å². The van der Waals surface area contributed by atoms with Crippen LogP contribution in [0.2, 0.25) is 0 Å². The Kier molecular flexibility index (Phi) is 12.7. The SMILES string of the molecule is O=[PH](O)OC(CCCl)(CCCl)C(CCCl)(CCCl)O[PH](=O)O. The average molecular weight is 440 g/mol. The van der Waals surface area contributed by atoms with Gasteiger partial charge in [-0.25, -0.2) is 0 Å². The first-order valence-corrected chi connectivity index (χ1v) is 11.1. The van der Waals surface area contributed by atoms with Crippen LogP contribution in [0.25, 0.3) is 0 Å². The Balaban J connectivity index is 6.03. The molecule has 0 aromatic carbocycles. The molecule has 0 saturated heterocycles. The van der Waals surface area contributed by atoms with E-state index >= 15 is 0 Å². The summed E-state index contributed by atoms with van der Waals surface area (Å²) >= 11 is 23.2. The van der Waals surface area contributed by atoms with Crippen molar-refractivity contribution in [2.45, 2.75) is 36.9 Å². The number of halogens is 4. The van der Waals surface area contributed by atoms with E-state index in [0.29, 0.717) is 0 Å². The van der Waals surface area contributed by atoms with Crippen molar-refractivity contribution in [2.24, 2.45) is 0 Å². The Morgan fingerprint density at radius 1 is 0.682 bits per heavy atom. The third kappa shape index (κ3) is 6.76. The molecule has 22 heavy (non-hydrogen) atoms. The molecule has 0 aromatic heterocycles. The lowest BCUT2D eigenvalue weighted by atomic mass is 9.75. The van der Waals surface area contributed by atoms with E-state index in [4.69, 9.17) is 55.5 Å². The summed E-state index contributed by atoms with van der Waals surface area (Å²) in [7, 11) is -6.79. The van der Waals surface area contributed by atoms with Gasteiger partial charge in [0.2, 0.25) is 0 Å². The van der Waals surface area contributed by atoms with Gasteiger partial charge in [0.05, 0.1) is 0 Å². The van der Waals surface area contributed by atoms with Crippen molar-refractivity contribution < 1.29 is 28.0 Å². The van der Waals surface area contributed by atoms with Crippen LogP contribution in [0.3, 0.4) is 0 Å². The highest BCUT2D eigenvalue weighted by Gasteiger charge is 2.54. The molecule has 12 heteroatoms. The Morgan fingerprint density at radius 2 is 0.909 bits per heavy atom. The normalized spacial score (nSPS) is 15.7. The molecule has 0 amide bonds. The summed E-state index contributed by atoms with van der Waals surface area (Å²) in [5, 5.41) is 0. The highest BCUT2D eigenvalue weighted by Crippen LogP contribution is 2.50. The fraction of sp³-hybridized carbons (Fsp3) is 1.00. The summed E-state index contributed by atoms with van der Waals surface area (Å²) in [5.74, 6) is 0.254. The molecular weight excluding hydrogens is 420 g/mol. The van der Waals surface area contributed by atoms with Crippen molar-refractivity contribution in [1.82, 2.24) is 0 Å². The molecule has 134 valence electrons. The van der Waals surface area contributed by atoms with E-state index in [1.807, 2.05) is 0 Å². The van der Waals surface area contributed by atoms with Crippen LogP contribution >= 0.6 is 62.9 Å². The second kappa shape index (κ2) is 11.9. The number of hydrogen-bond donors (Lipinski definition) is 2. The third-order valence-electron chi connectivity index (χ3n) is 3.39. The molecular formula is C10H20Cl4O6P2. The highest BCUT2D eigenvalue weighted by atomic mass is 35.5. The van der Waals surface area contributed by atoms with Gasteiger partial charge in [-0.05, 0) is 25.7 Å². The molecule has 0 fully saturated rings. The average Bonchev–Trinajstić information content (AvgIpc) is 2.38. The van der Waals surface area contributed by atoms with E-state index in [-0.39, 0.29) is 49.2 Å². The number of alkyl halides is 4. The first kappa shape index (κ1) is 23.5. The van der Waals surface area contributed by atoms with Crippen LogP contribution in [0.15, 0.2) is 0 Å². The van der Waals surface area contributed by atoms with Gasteiger partial charge in [0, 0.05) is 23.5 Å². The Bertz CT molecular complexity index is 327. The summed E-state index contributed by atoms with van der Waals surface area (Å²) in [6.45, 7) is 0. The Labute approximate surface area is 151 Å². The van der Waals surface area contributed by atoms with Gasteiger partial charge in [0.1, 0.15) is 11.2 Å². The molecule has 0 spiro atoms. The van der Waals surface area contributed by atoms with E-state index in [0.717, 1.165) is 0 Å². The third-order valence-corrected chi connectivity index (χ3v) is 5.28. The van der Waals surface area contributed by atoms with Crippen LogP contribution < -0.4 is 0 Å². The van der Waals surface area contributed by atoms with Gasteiger partial charge in [-0.3, -0.25) is 9.13 Å². The molecule has 0 aliphatic heterocycles. The lowest BCUT2D eigenvalue weighted by molar-refractivity contribution is -0.126. The molecule has 0 rings (SSSR count). The molecule has 2 atom stereocenters. The second-order valence-corrected chi connectivity index (χ2v) is 7.46. The van der Waals surface area contributed by atoms with E-state index in [2.05, 4.69) is 0 Å². The number of rotatable bonds is 13. The molecule has 0 aliphatic carbocycles. The quantitative estimate of drug-likeness (QED) is 0.335. The largest absolute Gasteiger partial charge is 0.326 e. The van der Waals surface area contributed by atoms with Crippen molar-refractivity contribution in [3.63, 3.8) is 0 Å². The molecule has 6 nitrogen and oxygen atoms in total. The zero-order valence-corrected chi connectivity index (χ0v) is 16.7. The predicted octanol–water partition coefficient (Wildman–Crippen LogP) is 3.78. The van der Waals surface area contributed by atoms with Crippen molar-refractivity contribution >= 4 is 62.9 Å². The maximum Gasteiger partial charge on any atom is 0.317 e. The summed E-state index contributed by atoms with van der Waals surface area (Å²) in [6.07, 6.45) is 0.338. The van der Waals surface area contributed by atoms with Crippen LogP contribution in [0, 0.1) is 0 Å². The summed E-state index contributed by atoms with van der Waals surface area (Å²) in [5.41, 5.74) is -2.87. The van der Waals surface area contributed by atoms with Crippen LogP contribution in [0.1, 0.15) is 25.7 Å². The van der Waals surface area contributed by atoms with Gasteiger partial charge in [-0.15, -0.1) is 46.4 Å². The van der Waals surface area contributed by atoms with Gasteiger partial charge in [0.25, 0.3) is 0 Å². The van der Waals surface area contributed by atoms with Crippen molar-refractivity contribution in [3.8, 4) is 0 Å². The fourth-order valence-corrected chi connectivity index (χ4v) is 5.17. The van der Waals surface area contributed by atoms with Crippen LogP contribution in [0.4, 0.5) is 0 Å². The maximum absolute atomic E-state index is 11.3. The summed E-state index contributed by atoms with van der Waals surface area (Å²) < 4.78 is 33.2. The standard InChI is InChI=1S/C10H20Cl4O6P2/c11-5-1-9(2-6-12,19-21(15)16)10(3-7-13,4-8-14)20-22(17)18/h21-22H,1-8H2,(H,15,16)(H,17,18). The van der Waals surface area contributed by atoms with Crippen LogP contribution in [-0.2, 0) is 18.2 Å². The van der Waals surface area contributed by atoms with Gasteiger partial charge in [-0.2, -0.15) is 0 Å². The highest BCUT2D eigenvalue weighted by molar-refractivity contribution is 7.32. The summed E-state index contributed by atoms with van der Waals surface area (Å²) in [4.78, 5) is 18.5. The number of hydrogen-bond acceptors (Lipinski definition) is 4. The minimum absolute atomic E-state index is 0.0636. The molecule has 0 aliphatic rings. The van der Waals surface area contributed by atoms with E-state index in [9.17, 15) is 18.9 Å². The Morgan fingerprint density at radius 3 is 1.05 bits per heavy atom. The molecule has 0 radical (unpaired) electrons. The van der Waals surface area contributed by atoms with Gasteiger partial charge < -0.3 is 18.8 Å². The molecule has 0 saturated carbocycles. The fourth-order valence-electron chi connectivity index (χ4n) is 2.50. The lowest BCUT2D eigenvalue weighted by Gasteiger charge is -2.48. The van der Waals surface area contributed by atoms with Crippen molar-refractivity contribution in [3.05, 3.63) is 0 Å². The van der Waals surface area contributed by atoms with E-state index in [1.165, 1.54) is 0 Å². The first-order valence-electron chi connectivity index (χ1n) is 6.41. The molecule has 0 heterocycles. The second-order valence-electron chi connectivity index (χ2n) is 4.48. The van der Waals surface area contributed by atoms with Gasteiger partial charge in [0.15, 0.2) is 0 Å². The monoisotopic (exact) mass is 438 g/mol. The zero-order valence-electron chi connectivity index (χ0n) is 11.7. The summed E-state index contributed by atoms with van der Waals surface area (Å²) in [6, 6.07) is 0. The molecule has 2 N–H and O–H groups in total. The lowest BCUT2D eigenvalue weighted by Crippen LogP contribution is -2.57. The van der Waals surface area contributed by atoms with E-state index in [1.54, 1.807) is 0 Å². The molecule has 0 bridgehead atoms. The zero-order chi connectivity index (χ0) is 17.2. The van der Waals surface area contributed by atoms with Crippen molar-refractivity contribution in [2.75, 3.05) is 23.5 Å². The topological polar surface area (TPSA) is 93.1 Å². The first-order chi connectivity index (χ1) is 10.3. The van der Waals surface area contributed by atoms with Crippen LogP contribution in [0.5, 0.6) is 0 Å². The predicted molar refractivity (Wildman–Crippen MR) is 91.4 cm³/mol. The van der Waals surface area contributed by atoms with E-state index < -0.39 is 27.7 Å². The Hall–Kier alpha value is 1.46. The molecule has 2 unspecified atom stereocenters. The van der Waals surface area contributed by atoms with Crippen molar-refractivity contribution in [1.29, 1.82) is 0 Å². The smallest absolute Gasteiger partial charge is 0.317 e. The minimum atomic E-state index is -3.39. The minimum Gasteiger partial charge on any atom is -0.326 e.